The number of fused-ring (bicyclic) bond motifs is 1. The molecule has 0 aliphatic heterocycles. The number of hydrogen-bond donors (Lipinski definition) is 0. The van der Waals surface area contributed by atoms with E-state index in [2.05, 4.69) is 20.9 Å². The minimum Gasteiger partial charge on any atom is -0.442 e. The first kappa shape index (κ1) is 12.0. The largest absolute Gasteiger partial charge is 0.442 e. The van der Waals surface area contributed by atoms with Crippen molar-refractivity contribution in [1.29, 1.82) is 0 Å². The average Bonchev–Trinajstić information content (AvgIpc) is 2.97. The topological polar surface area (TPSA) is 57.3 Å². The summed E-state index contributed by atoms with van der Waals surface area (Å²) in [5.74, 6) is 0.0395. The summed E-state index contributed by atoms with van der Waals surface area (Å²) in [5, 5.41) is 0. The van der Waals surface area contributed by atoms with Crippen LogP contribution in [0.5, 0.6) is 5.75 Å². The molecular formula is C13H9BrN2O3. The minimum absolute atomic E-state index is 0.146. The van der Waals surface area contributed by atoms with Crippen molar-refractivity contribution in [3.8, 4) is 5.75 Å². The predicted octanol–water partition coefficient (Wildman–Crippen LogP) is 3.15. The molecule has 1 aromatic carbocycles. The third-order valence-electron chi connectivity index (χ3n) is 2.68. The summed E-state index contributed by atoms with van der Waals surface area (Å²) >= 11 is 3.13. The molecule has 0 bridgehead atoms. The van der Waals surface area contributed by atoms with Crippen molar-refractivity contribution in [2.75, 3.05) is 0 Å². The number of esters is 1. The fourth-order valence-electron chi connectivity index (χ4n) is 1.76. The second-order valence-corrected chi connectivity index (χ2v) is 4.78. The Morgan fingerprint density at radius 1 is 1.37 bits per heavy atom. The maximum atomic E-state index is 11.8. The van der Waals surface area contributed by atoms with E-state index in [4.69, 9.17) is 9.15 Å². The zero-order valence-corrected chi connectivity index (χ0v) is 11.5. The van der Waals surface area contributed by atoms with Gasteiger partial charge in [-0.25, -0.2) is 9.78 Å². The molecule has 3 aromatic rings. The third-order valence-corrected chi connectivity index (χ3v) is 3.11. The molecule has 2 aromatic heterocycles. The number of carbonyl (C=O) groups is 1. The Balaban J connectivity index is 1.87. The molecular weight excluding hydrogens is 312 g/mol. The van der Waals surface area contributed by atoms with Gasteiger partial charge in [0, 0.05) is 13.1 Å². The zero-order chi connectivity index (χ0) is 13.4. The van der Waals surface area contributed by atoms with E-state index in [0.717, 1.165) is 11.0 Å². The van der Waals surface area contributed by atoms with Crippen molar-refractivity contribution in [3.63, 3.8) is 0 Å². The number of nitrogens with zero attached hydrogens (tertiary/aromatic N) is 2. The second-order valence-electron chi connectivity index (χ2n) is 4.00. The number of aryl methyl sites for hydroxylation is 1. The molecule has 0 aliphatic rings. The van der Waals surface area contributed by atoms with E-state index in [9.17, 15) is 4.79 Å². The van der Waals surface area contributed by atoms with Crippen LogP contribution in [0.25, 0.3) is 11.0 Å². The van der Waals surface area contributed by atoms with Crippen LogP contribution >= 0.6 is 15.9 Å². The van der Waals surface area contributed by atoms with Gasteiger partial charge in [-0.2, -0.15) is 0 Å². The van der Waals surface area contributed by atoms with Gasteiger partial charge in [-0.1, -0.05) is 0 Å². The molecule has 0 fully saturated rings. The van der Waals surface area contributed by atoms with Gasteiger partial charge in [-0.15, -0.1) is 0 Å². The number of rotatable bonds is 2. The minimum atomic E-state index is -0.541. The molecule has 0 saturated heterocycles. The summed E-state index contributed by atoms with van der Waals surface area (Å²) in [6.45, 7) is 0. The summed E-state index contributed by atoms with van der Waals surface area (Å²) in [6.07, 6.45) is 1.71. The van der Waals surface area contributed by atoms with Crippen molar-refractivity contribution < 1.29 is 13.9 Å². The summed E-state index contributed by atoms with van der Waals surface area (Å²) in [6, 6.07) is 8.47. The molecule has 5 nitrogen and oxygen atoms in total. The summed E-state index contributed by atoms with van der Waals surface area (Å²) < 4.78 is 12.7. The maximum Gasteiger partial charge on any atom is 0.379 e. The number of carbonyl (C=O) groups excluding carboxylic acids is 1. The molecule has 3 rings (SSSR count). The van der Waals surface area contributed by atoms with Crippen LogP contribution in [-0.2, 0) is 7.05 Å². The molecule has 0 atom stereocenters. The molecule has 0 amide bonds. The summed E-state index contributed by atoms with van der Waals surface area (Å²) in [5.41, 5.74) is 1.74. The van der Waals surface area contributed by atoms with E-state index in [1.165, 1.54) is 0 Å². The SMILES string of the molecule is Cn1cnc2cc(OC(=O)c3ccc(Br)o3)ccc21. The van der Waals surface area contributed by atoms with E-state index >= 15 is 0 Å². The Hall–Kier alpha value is -2.08. The van der Waals surface area contributed by atoms with Crippen molar-refractivity contribution >= 4 is 32.9 Å². The quantitative estimate of drug-likeness (QED) is 0.537. The first-order chi connectivity index (χ1) is 9.13. The molecule has 0 N–H and O–H groups in total. The molecule has 0 aliphatic carbocycles. The van der Waals surface area contributed by atoms with Gasteiger partial charge in [-0.3, -0.25) is 0 Å². The molecule has 96 valence electrons. The Kier molecular flexibility index (Phi) is 2.87. The standard InChI is InChI=1S/C13H9BrN2O3/c1-16-7-15-9-6-8(2-3-10(9)16)18-13(17)11-4-5-12(14)19-11/h2-7H,1H3. The Bertz CT molecular complexity index is 760. The number of aromatic nitrogens is 2. The molecule has 0 saturated carbocycles. The highest BCUT2D eigenvalue weighted by Crippen LogP contribution is 2.21. The molecule has 0 unspecified atom stereocenters. The summed E-state index contributed by atoms with van der Waals surface area (Å²) in [7, 11) is 1.90. The van der Waals surface area contributed by atoms with Gasteiger partial charge < -0.3 is 13.7 Å². The lowest BCUT2D eigenvalue weighted by molar-refractivity contribution is 0.0700. The van der Waals surface area contributed by atoms with Crippen molar-refractivity contribution in [2.45, 2.75) is 0 Å². The lowest BCUT2D eigenvalue weighted by Gasteiger charge is -2.02. The van der Waals surface area contributed by atoms with Gasteiger partial charge in [0.2, 0.25) is 5.76 Å². The van der Waals surface area contributed by atoms with Gasteiger partial charge in [-0.05, 0) is 40.2 Å². The second kappa shape index (κ2) is 4.55. The first-order valence-corrected chi connectivity index (χ1v) is 6.31. The number of halogens is 1. The van der Waals surface area contributed by atoms with E-state index in [0.29, 0.717) is 10.4 Å². The van der Waals surface area contributed by atoms with E-state index < -0.39 is 5.97 Å². The maximum absolute atomic E-state index is 11.8. The molecule has 2 heterocycles. The monoisotopic (exact) mass is 320 g/mol. The van der Waals surface area contributed by atoms with Crippen molar-refractivity contribution in [3.05, 3.63) is 47.1 Å². The van der Waals surface area contributed by atoms with Crippen LogP contribution in [0.1, 0.15) is 10.6 Å². The molecule has 19 heavy (non-hydrogen) atoms. The van der Waals surface area contributed by atoms with Gasteiger partial charge in [0.1, 0.15) is 5.75 Å². The Morgan fingerprint density at radius 2 is 2.21 bits per heavy atom. The first-order valence-electron chi connectivity index (χ1n) is 5.52. The third kappa shape index (κ3) is 2.26. The fourth-order valence-corrected chi connectivity index (χ4v) is 2.07. The highest BCUT2D eigenvalue weighted by atomic mass is 79.9. The van der Waals surface area contributed by atoms with Crippen LogP contribution < -0.4 is 4.74 Å². The fraction of sp³-hybridized carbons (Fsp3) is 0.0769. The molecule has 0 radical (unpaired) electrons. The predicted molar refractivity (Wildman–Crippen MR) is 72.1 cm³/mol. The number of ether oxygens (including phenoxy) is 1. The highest BCUT2D eigenvalue weighted by Gasteiger charge is 2.13. The van der Waals surface area contributed by atoms with Crippen LogP contribution in [0.3, 0.4) is 0 Å². The van der Waals surface area contributed by atoms with E-state index in [1.54, 1.807) is 30.6 Å². The van der Waals surface area contributed by atoms with E-state index in [1.807, 2.05) is 17.7 Å². The number of furan rings is 1. The van der Waals surface area contributed by atoms with Crippen LogP contribution in [0.2, 0.25) is 0 Å². The lowest BCUT2D eigenvalue weighted by atomic mass is 10.3. The van der Waals surface area contributed by atoms with Crippen LogP contribution in [0, 0.1) is 0 Å². The lowest BCUT2D eigenvalue weighted by Crippen LogP contribution is -2.07. The van der Waals surface area contributed by atoms with Crippen molar-refractivity contribution in [1.82, 2.24) is 9.55 Å². The van der Waals surface area contributed by atoms with Crippen LogP contribution in [-0.4, -0.2) is 15.5 Å². The smallest absolute Gasteiger partial charge is 0.379 e. The van der Waals surface area contributed by atoms with Crippen molar-refractivity contribution in [2.24, 2.45) is 7.05 Å². The number of imidazole rings is 1. The molecule has 0 spiro atoms. The Labute approximate surface area is 116 Å². The summed E-state index contributed by atoms with van der Waals surface area (Å²) in [4.78, 5) is 16.0. The number of hydrogen-bond acceptors (Lipinski definition) is 4. The van der Waals surface area contributed by atoms with Gasteiger partial charge >= 0.3 is 5.97 Å². The van der Waals surface area contributed by atoms with Crippen LogP contribution in [0.4, 0.5) is 0 Å². The molecule has 6 heteroatoms. The highest BCUT2D eigenvalue weighted by molar-refractivity contribution is 9.10. The van der Waals surface area contributed by atoms with Gasteiger partial charge in [0.15, 0.2) is 4.67 Å². The Morgan fingerprint density at radius 3 is 2.95 bits per heavy atom. The normalized spacial score (nSPS) is 10.8. The van der Waals surface area contributed by atoms with Gasteiger partial charge in [0.25, 0.3) is 0 Å². The zero-order valence-electron chi connectivity index (χ0n) is 9.96. The van der Waals surface area contributed by atoms with Crippen LogP contribution in [0.15, 0.2) is 45.7 Å². The van der Waals surface area contributed by atoms with Gasteiger partial charge in [0.05, 0.1) is 17.4 Å². The number of benzene rings is 1. The van der Waals surface area contributed by atoms with E-state index in [-0.39, 0.29) is 5.76 Å². The average molecular weight is 321 g/mol.